The number of rotatable bonds is 5. The summed E-state index contributed by atoms with van der Waals surface area (Å²) in [5, 5.41) is 30.2. The highest BCUT2D eigenvalue weighted by Gasteiger charge is 2.22. The van der Waals surface area contributed by atoms with E-state index in [1.54, 1.807) is 32.9 Å². The molecule has 1 heterocycles. The number of hydrogen-bond acceptors (Lipinski definition) is 8. The zero-order valence-corrected chi connectivity index (χ0v) is 17.8. The molecule has 1 aliphatic heterocycles. The van der Waals surface area contributed by atoms with Crippen LogP contribution in [-0.4, -0.2) is 41.7 Å². The lowest BCUT2D eigenvalue weighted by Crippen LogP contribution is -2.46. The lowest BCUT2D eigenvalue weighted by molar-refractivity contribution is -0.384. The van der Waals surface area contributed by atoms with Crippen LogP contribution in [0, 0.1) is 32.8 Å². The van der Waals surface area contributed by atoms with Crippen LogP contribution in [-0.2, 0) is 9.53 Å². The molecule has 1 aliphatic rings. The molecule has 11 nitrogen and oxygen atoms in total. The Morgan fingerprint density at radius 2 is 1.94 bits per heavy atom. The van der Waals surface area contributed by atoms with Crippen LogP contribution >= 0.6 is 0 Å². The number of carbonyl (C=O) groups is 2. The van der Waals surface area contributed by atoms with Crippen molar-refractivity contribution in [1.82, 2.24) is 5.32 Å². The van der Waals surface area contributed by atoms with E-state index in [0.717, 1.165) is 31.6 Å². The van der Waals surface area contributed by atoms with Gasteiger partial charge < -0.3 is 20.7 Å². The third kappa shape index (κ3) is 8.58. The molecular formula is C20H26N6O5. The summed E-state index contributed by atoms with van der Waals surface area (Å²) in [6.45, 7) is 6.92. The highest BCUT2D eigenvalue weighted by atomic mass is 16.6. The molecule has 1 aromatic carbocycles. The number of primary amides is 1. The van der Waals surface area contributed by atoms with Crippen molar-refractivity contribution in [2.75, 3.05) is 18.0 Å². The molecule has 0 unspecified atom stereocenters. The van der Waals surface area contributed by atoms with Gasteiger partial charge in [-0.15, -0.1) is 0 Å². The van der Waals surface area contributed by atoms with E-state index in [4.69, 9.17) is 21.0 Å². The monoisotopic (exact) mass is 430 g/mol. The number of carbonyl (C=O) groups excluding carboxylic acids is 2. The van der Waals surface area contributed by atoms with Crippen LogP contribution in [0.25, 0.3) is 0 Å². The fourth-order valence-electron chi connectivity index (χ4n) is 2.72. The second-order valence-electron chi connectivity index (χ2n) is 7.73. The average molecular weight is 430 g/mol. The number of benzene rings is 1. The first-order valence-electron chi connectivity index (χ1n) is 9.57. The normalized spacial score (nSPS) is 13.6. The molecule has 1 saturated heterocycles. The summed E-state index contributed by atoms with van der Waals surface area (Å²) >= 11 is 0. The summed E-state index contributed by atoms with van der Waals surface area (Å²) in [4.78, 5) is 34.2. The number of anilines is 1. The summed E-state index contributed by atoms with van der Waals surface area (Å²) in [6, 6.07) is 7.22. The maximum absolute atomic E-state index is 11.2. The number of amides is 2. The molecule has 0 aromatic heterocycles. The lowest BCUT2D eigenvalue weighted by atomic mass is 10.1. The number of nitrogens with two attached hydrogens (primary N) is 1. The van der Waals surface area contributed by atoms with E-state index in [1.165, 1.54) is 12.1 Å². The molecule has 0 bridgehead atoms. The maximum Gasteiger partial charge on any atom is 0.408 e. The molecule has 11 heteroatoms. The third-order valence-electron chi connectivity index (χ3n) is 4.09. The second-order valence-corrected chi connectivity index (χ2v) is 7.73. The molecule has 0 aliphatic carbocycles. The minimum atomic E-state index is -1.01. The third-order valence-corrected chi connectivity index (χ3v) is 4.09. The van der Waals surface area contributed by atoms with E-state index >= 15 is 0 Å². The molecular weight excluding hydrogens is 404 g/mol. The summed E-state index contributed by atoms with van der Waals surface area (Å²) in [5.41, 5.74) is 5.49. The minimum Gasteiger partial charge on any atom is -0.444 e. The van der Waals surface area contributed by atoms with Crippen molar-refractivity contribution in [3.63, 3.8) is 0 Å². The highest BCUT2D eigenvalue weighted by molar-refractivity contribution is 5.84. The van der Waals surface area contributed by atoms with Gasteiger partial charge in [-0.05, 0) is 39.7 Å². The van der Waals surface area contributed by atoms with Gasteiger partial charge in [0.15, 0.2) is 0 Å². The Kier molecular flexibility index (Phi) is 9.22. The number of hydrogen-bond donors (Lipinski definition) is 2. The van der Waals surface area contributed by atoms with E-state index in [-0.39, 0.29) is 12.1 Å². The number of nitrogens with zero attached hydrogens (tertiary/aromatic N) is 4. The van der Waals surface area contributed by atoms with Gasteiger partial charge in [0.25, 0.3) is 5.69 Å². The van der Waals surface area contributed by atoms with Crippen molar-refractivity contribution in [3.05, 3.63) is 33.9 Å². The molecule has 0 spiro atoms. The number of nitriles is 2. The van der Waals surface area contributed by atoms with Gasteiger partial charge in [0.05, 0.1) is 28.7 Å². The molecule has 1 fully saturated rings. The molecule has 2 rings (SSSR count). The van der Waals surface area contributed by atoms with Crippen molar-refractivity contribution in [2.45, 2.75) is 51.7 Å². The maximum atomic E-state index is 11.2. The van der Waals surface area contributed by atoms with Crippen molar-refractivity contribution in [1.29, 1.82) is 10.5 Å². The number of nitrogens with one attached hydrogen (secondary N) is 1. The fourth-order valence-corrected chi connectivity index (χ4v) is 2.72. The standard InChI is InChI=1S/C11H11N3O2.C9H15N3O3/c12-8-9-7-10(14(15)16)3-4-11(9)13-5-1-2-6-13;1-9(2,3)15-8(14)12-6(4-5-10)7(11)13/h3-4,7H,1-2,5-6H2;6H,4H2,1-3H3,(H2,11,13)(H,12,14)/t;6-/m.0/s1. The fraction of sp³-hybridized carbons (Fsp3) is 0.500. The summed E-state index contributed by atoms with van der Waals surface area (Å²) in [5.74, 6) is -0.762. The van der Waals surface area contributed by atoms with Crippen molar-refractivity contribution in [3.8, 4) is 12.1 Å². The molecule has 1 aromatic rings. The number of alkyl carbamates (subject to hydrolysis) is 1. The first kappa shape index (κ1) is 25.2. The Morgan fingerprint density at radius 1 is 1.32 bits per heavy atom. The molecule has 31 heavy (non-hydrogen) atoms. The first-order chi connectivity index (χ1) is 14.5. The van der Waals surface area contributed by atoms with Gasteiger partial charge in [-0.25, -0.2) is 4.79 Å². The lowest BCUT2D eigenvalue weighted by Gasteiger charge is -2.21. The molecule has 166 valence electrons. The average Bonchev–Trinajstić information content (AvgIpc) is 3.20. The van der Waals surface area contributed by atoms with Crippen LogP contribution in [0.3, 0.4) is 0 Å². The molecule has 3 N–H and O–H groups in total. The predicted octanol–water partition coefficient (Wildman–Crippen LogP) is 2.35. The molecule has 0 radical (unpaired) electrons. The Morgan fingerprint density at radius 3 is 2.39 bits per heavy atom. The van der Waals surface area contributed by atoms with Crippen molar-refractivity contribution in [2.24, 2.45) is 5.73 Å². The van der Waals surface area contributed by atoms with Crippen LogP contribution in [0.4, 0.5) is 16.2 Å². The van der Waals surface area contributed by atoms with E-state index < -0.39 is 28.6 Å². The largest absolute Gasteiger partial charge is 0.444 e. The van der Waals surface area contributed by atoms with Crippen LogP contribution in [0.2, 0.25) is 0 Å². The first-order valence-corrected chi connectivity index (χ1v) is 9.57. The van der Waals surface area contributed by atoms with Gasteiger partial charge in [0.2, 0.25) is 5.91 Å². The zero-order chi connectivity index (χ0) is 23.6. The Balaban J connectivity index is 0.000000311. The van der Waals surface area contributed by atoms with Crippen molar-refractivity contribution >= 4 is 23.4 Å². The van der Waals surface area contributed by atoms with Gasteiger partial charge in [0, 0.05) is 25.2 Å². The van der Waals surface area contributed by atoms with Gasteiger partial charge in [0.1, 0.15) is 17.7 Å². The van der Waals surface area contributed by atoms with E-state index in [2.05, 4.69) is 10.2 Å². The second kappa shape index (κ2) is 11.4. The van der Waals surface area contributed by atoms with Crippen LogP contribution in [0.5, 0.6) is 0 Å². The van der Waals surface area contributed by atoms with Crippen molar-refractivity contribution < 1.29 is 19.2 Å². The smallest absolute Gasteiger partial charge is 0.408 e. The SMILES string of the molecule is CC(C)(C)OC(=O)N[C@@H](CC#N)C(N)=O.N#Cc1cc([N+](=O)[O-])ccc1N1CCCC1. The van der Waals surface area contributed by atoms with Crippen LogP contribution in [0.1, 0.15) is 45.6 Å². The minimum absolute atomic E-state index is 0.0282. The zero-order valence-electron chi connectivity index (χ0n) is 17.8. The Hall–Kier alpha value is -3.86. The predicted molar refractivity (Wildman–Crippen MR) is 112 cm³/mol. The van der Waals surface area contributed by atoms with Crippen LogP contribution < -0.4 is 16.0 Å². The van der Waals surface area contributed by atoms with Crippen LogP contribution in [0.15, 0.2) is 18.2 Å². The van der Waals surface area contributed by atoms with Gasteiger partial charge >= 0.3 is 6.09 Å². The summed E-state index contributed by atoms with van der Waals surface area (Å²) in [6.07, 6.45) is 1.29. The van der Waals surface area contributed by atoms with Gasteiger partial charge in [-0.3, -0.25) is 14.9 Å². The Labute approximate surface area is 180 Å². The number of nitro groups is 1. The quantitative estimate of drug-likeness (QED) is 0.528. The van der Waals surface area contributed by atoms with Gasteiger partial charge in [-0.1, -0.05) is 0 Å². The van der Waals surface area contributed by atoms with Gasteiger partial charge in [-0.2, -0.15) is 10.5 Å². The number of ether oxygens (including phenoxy) is 1. The van der Waals surface area contributed by atoms with E-state index in [1.807, 2.05) is 6.07 Å². The molecule has 0 saturated carbocycles. The Bertz CT molecular complexity index is 891. The molecule has 2 amide bonds. The van der Waals surface area contributed by atoms with E-state index in [9.17, 15) is 19.7 Å². The molecule has 1 atom stereocenters. The number of non-ortho nitro benzene ring substituents is 1. The summed E-state index contributed by atoms with van der Waals surface area (Å²) < 4.78 is 4.90. The topological polar surface area (TPSA) is 175 Å². The highest BCUT2D eigenvalue weighted by Crippen LogP contribution is 2.27. The van der Waals surface area contributed by atoms with E-state index in [0.29, 0.717) is 5.56 Å². The summed E-state index contributed by atoms with van der Waals surface area (Å²) in [7, 11) is 0. The number of nitro benzene ring substituents is 1.